The second-order valence-corrected chi connectivity index (χ2v) is 3.51. The van der Waals surface area contributed by atoms with Crippen molar-refractivity contribution in [2.24, 2.45) is 0 Å². The van der Waals surface area contributed by atoms with Gasteiger partial charge in [-0.05, 0) is 30.2 Å². The molecule has 0 fully saturated rings. The average molecular weight is 226 g/mol. The highest BCUT2D eigenvalue weighted by atomic mass is 16.5. The Morgan fingerprint density at radius 3 is 2.44 bits per heavy atom. The molecule has 1 aromatic carbocycles. The van der Waals surface area contributed by atoms with Crippen molar-refractivity contribution < 1.29 is 24.9 Å². The lowest BCUT2D eigenvalue weighted by Crippen LogP contribution is -2.27. The Bertz CT molecular complexity index is 388. The van der Waals surface area contributed by atoms with Crippen LogP contribution in [0, 0.1) is 6.92 Å². The van der Waals surface area contributed by atoms with Gasteiger partial charge in [0.25, 0.3) is 0 Å². The third-order valence-electron chi connectivity index (χ3n) is 2.20. The Morgan fingerprint density at radius 2 is 1.94 bits per heavy atom. The fourth-order valence-electron chi connectivity index (χ4n) is 1.38. The van der Waals surface area contributed by atoms with E-state index in [0.717, 1.165) is 5.56 Å². The molecule has 88 valence electrons. The number of rotatable bonds is 4. The van der Waals surface area contributed by atoms with Crippen molar-refractivity contribution in [2.75, 3.05) is 7.11 Å². The highest BCUT2D eigenvalue weighted by molar-refractivity contribution is 5.73. The zero-order valence-corrected chi connectivity index (χ0v) is 9.04. The van der Waals surface area contributed by atoms with Crippen LogP contribution in [-0.2, 0) is 4.79 Å². The van der Waals surface area contributed by atoms with E-state index in [2.05, 4.69) is 0 Å². The number of hydrogen-bond donors (Lipinski definition) is 3. The van der Waals surface area contributed by atoms with Crippen molar-refractivity contribution >= 4 is 5.97 Å². The zero-order valence-electron chi connectivity index (χ0n) is 9.04. The molecular weight excluding hydrogens is 212 g/mol. The molecule has 5 heteroatoms. The van der Waals surface area contributed by atoms with E-state index in [1.54, 1.807) is 19.1 Å². The fraction of sp³-hybridized carbons (Fsp3) is 0.364. The van der Waals surface area contributed by atoms with Crippen LogP contribution >= 0.6 is 0 Å². The monoisotopic (exact) mass is 226 g/mol. The van der Waals surface area contributed by atoms with Gasteiger partial charge >= 0.3 is 5.97 Å². The van der Waals surface area contributed by atoms with Gasteiger partial charge < -0.3 is 20.1 Å². The first kappa shape index (κ1) is 12.5. The van der Waals surface area contributed by atoms with Crippen molar-refractivity contribution in [3.05, 3.63) is 29.3 Å². The Morgan fingerprint density at radius 1 is 1.31 bits per heavy atom. The van der Waals surface area contributed by atoms with Gasteiger partial charge in [0.1, 0.15) is 11.9 Å². The summed E-state index contributed by atoms with van der Waals surface area (Å²) in [4.78, 5) is 10.5. The van der Waals surface area contributed by atoms with E-state index in [0.29, 0.717) is 11.3 Å². The predicted molar refractivity (Wildman–Crippen MR) is 56.3 cm³/mol. The largest absolute Gasteiger partial charge is 0.497 e. The number of aliphatic carboxylic acids is 1. The van der Waals surface area contributed by atoms with Crippen molar-refractivity contribution in [2.45, 2.75) is 19.1 Å². The molecule has 0 saturated heterocycles. The van der Waals surface area contributed by atoms with Crippen molar-refractivity contribution in [1.82, 2.24) is 0 Å². The maximum atomic E-state index is 10.5. The first-order chi connectivity index (χ1) is 7.45. The van der Waals surface area contributed by atoms with Gasteiger partial charge in [0.15, 0.2) is 6.10 Å². The number of benzene rings is 1. The second-order valence-electron chi connectivity index (χ2n) is 3.51. The third kappa shape index (κ3) is 2.71. The molecule has 1 rings (SSSR count). The summed E-state index contributed by atoms with van der Waals surface area (Å²) in [5.41, 5.74) is 1.12. The Labute approximate surface area is 92.9 Å². The molecule has 0 aliphatic heterocycles. The van der Waals surface area contributed by atoms with Gasteiger partial charge in [-0.2, -0.15) is 0 Å². The molecule has 0 heterocycles. The standard InChI is InChI=1S/C11H14O5/c1-6-3-7(5-8(4-6)16-2)9(12)10(13)11(14)15/h3-5,9-10,12-13H,1-2H3,(H,14,15). The van der Waals surface area contributed by atoms with E-state index < -0.39 is 18.2 Å². The van der Waals surface area contributed by atoms with Crippen LogP contribution in [0.5, 0.6) is 5.75 Å². The van der Waals surface area contributed by atoms with Gasteiger partial charge in [0.05, 0.1) is 7.11 Å². The Kier molecular flexibility index (Phi) is 3.87. The summed E-state index contributed by atoms with van der Waals surface area (Å²) in [5, 5.41) is 27.4. The second kappa shape index (κ2) is 4.96. The Balaban J connectivity index is 3.03. The van der Waals surface area contributed by atoms with Crippen LogP contribution in [0.2, 0.25) is 0 Å². The summed E-state index contributed by atoms with van der Waals surface area (Å²) < 4.78 is 4.99. The van der Waals surface area contributed by atoms with E-state index in [1.165, 1.54) is 13.2 Å². The van der Waals surface area contributed by atoms with Gasteiger partial charge in [-0.25, -0.2) is 4.79 Å². The lowest BCUT2D eigenvalue weighted by Gasteiger charge is -2.15. The van der Waals surface area contributed by atoms with E-state index in [1.807, 2.05) is 0 Å². The van der Waals surface area contributed by atoms with Crippen LogP contribution in [0.1, 0.15) is 17.2 Å². The summed E-state index contributed by atoms with van der Waals surface area (Å²) in [6.45, 7) is 1.78. The SMILES string of the molecule is COc1cc(C)cc(C(O)C(O)C(=O)O)c1. The minimum absolute atomic E-state index is 0.312. The molecule has 0 aromatic heterocycles. The lowest BCUT2D eigenvalue weighted by molar-refractivity contribution is -0.153. The van der Waals surface area contributed by atoms with E-state index in [4.69, 9.17) is 9.84 Å². The van der Waals surface area contributed by atoms with Crippen LogP contribution < -0.4 is 4.74 Å². The molecule has 0 aliphatic rings. The summed E-state index contributed by atoms with van der Waals surface area (Å²) in [6.07, 6.45) is -3.31. The van der Waals surface area contributed by atoms with E-state index >= 15 is 0 Å². The minimum Gasteiger partial charge on any atom is -0.497 e. The molecule has 0 spiro atoms. The molecule has 0 saturated carbocycles. The summed E-state index contributed by atoms with van der Waals surface area (Å²) in [7, 11) is 1.47. The summed E-state index contributed by atoms with van der Waals surface area (Å²) in [6, 6.07) is 4.83. The third-order valence-corrected chi connectivity index (χ3v) is 2.20. The Hall–Kier alpha value is -1.59. The number of ether oxygens (including phenoxy) is 1. The zero-order chi connectivity index (χ0) is 12.3. The smallest absolute Gasteiger partial charge is 0.335 e. The minimum atomic E-state index is -1.84. The fourth-order valence-corrected chi connectivity index (χ4v) is 1.38. The van der Waals surface area contributed by atoms with Gasteiger partial charge in [-0.15, -0.1) is 0 Å². The normalized spacial score (nSPS) is 14.2. The quantitative estimate of drug-likeness (QED) is 0.695. The molecular formula is C11H14O5. The molecule has 0 aliphatic carbocycles. The number of carboxylic acid groups (broad SMARTS) is 1. The summed E-state index contributed by atoms with van der Waals surface area (Å²) in [5.74, 6) is -0.959. The number of aryl methyl sites for hydroxylation is 1. The van der Waals surface area contributed by atoms with E-state index in [9.17, 15) is 15.0 Å². The van der Waals surface area contributed by atoms with Gasteiger partial charge in [0, 0.05) is 0 Å². The van der Waals surface area contributed by atoms with Gasteiger partial charge in [-0.1, -0.05) is 6.07 Å². The first-order valence-electron chi connectivity index (χ1n) is 4.70. The molecule has 0 bridgehead atoms. The number of hydrogen-bond acceptors (Lipinski definition) is 4. The molecule has 0 amide bonds. The highest BCUT2D eigenvalue weighted by Crippen LogP contribution is 2.23. The molecule has 2 unspecified atom stereocenters. The molecule has 0 radical (unpaired) electrons. The maximum absolute atomic E-state index is 10.5. The van der Waals surface area contributed by atoms with Crippen molar-refractivity contribution in [3.63, 3.8) is 0 Å². The van der Waals surface area contributed by atoms with E-state index in [-0.39, 0.29) is 0 Å². The number of carboxylic acids is 1. The molecule has 3 N–H and O–H groups in total. The number of methoxy groups -OCH3 is 1. The van der Waals surface area contributed by atoms with Crippen LogP contribution in [0.4, 0.5) is 0 Å². The molecule has 2 atom stereocenters. The molecule has 1 aromatic rings. The van der Waals surface area contributed by atoms with Crippen molar-refractivity contribution in [3.8, 4) is 5.75 Å². The molecule has 5 nitrogen and oxygen atoms in total. The average Bonchev–Trinajstić information content (AvgIpc) is 2.25. The first-order valence-corrected chi connectivity index (χ1v) is 4.70. The summed E-state index contributed by atoms with van der Waals surface area (Å²) >= 11 is 0. The highest BCUT2D eigenvalue weighted by Gasteiger charge is 2.25. The van der Waals surface area contributed by atoms with Crippen LogP contribution in [0.3, 0.4) is 0 Å². The van der Waals surface area contributed by atoms with Gasteiger partial charge in [0.2, 0.25) is 0 Å². The molecule has 16 heavy (non-hydrogen) atoms. The van der Waals surface area contributed by atoms with Crippen molar-refractivity contribution in [1.29, 1.82) is 0 Å². The predicted octanol–water partition coefficient (Wildman–Crippen LogP) is 0.483. The lowest BCUT2D eigenvalue weighted by atomic mass is 10.0. The number of aliphatic hydroxyl groups excluding tert-OH is 2. The number of carbonyl (C=O) groups is 1. The van der Waals surface area contributed by atoms with Gasteiger partial charge in [-0.3, -0.25) is 0 Å². The number of aliphatic hydroxyl groups is 2. The maximum Gasteiger partial charge on any atom is 0.335 e. The van der Waals surface area contributed by atoms with Crippen LogP contribution in [-0.4, -0.2) is 34.5 Å². The van der Waals surface area contributed by atoms with Crippen LogP contribution in [0.25, 0.3) is 0 Å². The topological polar surface area (TPSA) is 87.0 Å². The van der Waals surface area contributed by atoms with Crippen LogP contribution in [0.15, 0.2) is 18.2 Å².